The topological polar surface area (TPSA) is 104 Å². The Labute approximate surface area is 177 Å². The molecule has 1 aliphatic rings. The Morgan fingerprint density at radius 2 is 2.10 bits per heavy atom. The lowest BCUT2D eigenvalue weighted by Gasteiger charge is -2.39. The zero-order chi connectivity index (χ0) is 21.3. The van der Waals surface area contributed by atoms with E-state index in [1.807, 2.05) is 0 Å². The summed E-state index contributed by atoms with van der Waals surface area (Å²) < 4.78 is 17.0. The van der Waals surface area contributed by atoms with Gasteiger partial charge in [-0.3, -0.25) is 9.36 Å². The van der Waals surface area contributed by atoms with Crippen LogP contribution in [0.3, 0.4) is 0 Å². The molecule has 2 aromatic heterocycles. The first kappa shape index (κ1) is 20.6. The van der Waals surface area contributed by atoms with Gasteiger partial charge in [0.15, 0.2) is 11.4 Å². The number of carbonyl (C=O) groups excluding carboxylic acids is 1. The predicted molar refractivity (Wildman–Crippen MR) is 109 cm³/mol. The van der Waals surface area contributed by atoms with Gasteiger partial charge in [0.25, 0.3) is 0 Å². The van der Waals surface area contributed by atoms with Crippen LogP contribution in [0.25, 0.3) is 11.1 Å². The van der Waals surface area contributed by atoms with E-state index in [2.05, 4.69) is 10.1 Å². The van der Waals surface area contributed by atoms with E-state index in [0.717, 1.165) is 6.42 Å². The Kier molecular flexibility index (Phi) is 5.66. The molecule has 1 saturated heterocycles. The summed E-state index contributed by atoms with van der Waals surface area (Å²) in [6, 6.07) is 4.91. The number of nitrogens with zero attached hydrogens (tertiary/aromatic N) is 4. The molecule has 0 bridgehead atoms. The molecule has 0 saturated carbocycles. The number of benzene rings is 1. The number of hydrogen-bond acceptors (Lipinski definition) is 7. The summed E-state index contributed by atoms with van der Waals surface area (Å²) in [6.07, 6.45) is 2.13. The van der Waals surface area contributed by atoms with Crippen LogP contribution < -0.4 is 5.76 Å². The molecular weight excluding hydrogens is 412 g/mol. The van der Waals surface area contributed by atoms with Crippen LogP contribution in [-0.4, -0.2) is 52.3 Å². The fraction of sp³-hybridized carbons (Fsp3) is 0.500. The van der Waals surface area contributed by atoms with Gasteiger partial charge in [0.05, 0.1) is 5.52 Å². The fourth-order valence-corrected chi connectivity index (χ4v) is 4.17. The minimum Gasteiger partial charge on any atom is -0.408 e. The first-order valence-corrected chi connectivity index (χ1v) is 10.2. The minimum absolute atomic E-state index is 0.0835. The maximum atomic E-state index is 12.9. The van der Waals surface area contributed by atoms with Crippen LogP contribution in [0.1, 0.15) is 31.0 Å². The van der Waals surface area contributed by atoms with Crippen molar-refractivity contribution in [2.24, 2.45) is 0 Å². The third-order valence-corrected chi connectivity index (χ3v) is 6.02. The van der Waals surface area contributed by atoms with Crippen LogP contribution in [-0.2, 0) is 21.5 Å². The summed E-state index contributed by atoms with van der Waals surface area (Å²) in [7, 11) is 1.66. The molecule has 1 fully saturated rings. The quantitative estimate of drug-likeness (QED) is 0.587. The number of oxazole rings is 1. The van der Waals surface area contributed by atoms with Gasteiger partial charge in [-0.2, -0.15) is 4.98 Å². The average Bonchev–Trinajstić information content (AvgIpc) is 3.30. The van der Waals surface area contributed by atoms with Crippen LogP contribution in [0.4, 0.5) is 0 Å². The highest BCUT2D eigenvalue weighted by Gasteiger charge is 2.41. The third-order valence-electron chi connectivity index (χ3n) is 5.78. The summed E-state index contributed by atoms with van der Waals surface area (Å²) in [5, 5.41) is 4.60. The fourth-order valence-electron chi connectivity index (χ4n) is 4.01. The number of aryl methyl sites for hydroxylation is 1. The Morgan fingerprint density at radius 3 is 2.77 bits per heavy atom. The Morgan fingerprint density at radius 1 is 1.33 bits per heavy atom. The number of fused-ring (bicyclic) bond motifs is 1. The predicted octanol–water partition coefficient (Wildman–Crippen LogP) is 2.54. The van der Waals surface area contributed by atoms with Crippen molar-refractivity contribution in [3.8, 4) is 0 Å². The van der Waals surface area contributed by atoms with Crippen LogP contribution >= 0.6 is 11.6 Å². The summed E-state index contributed by atoms with van der Waals surface area (Å²) in [6.45, 7) is 3.32. The van der Waals surface area contributed by atoms with Crippen molar-refractivity contribution in [2.45, 2.75) is 38.1 Å². The molecule has 0 spiro atoms. The molecule has 9 nitrogen and oxygen atoms in total. The van der Waals surface area contributed by atoms with Gasteiger partial charge in [-0.25, -0.2) is 4.79 Å². The first-order chi connectivity index (χ1) is 14.4. The molecule has 4 rings (SSSR count). The van der Waals surface area contributed by atoms with Crippen molar-refractivity contribution in [3.63, 3.8) is 0 Å². The van der Waals surface area contributed by atoms with E-state index in [1.165, 1.54) is 4.57 Å². The van der Waals surface area contributed by atoms with Crippen LogP contribution in [0.15, 0.2) is 31.9 Å². The molecule has 1 aromatic carbocycles. The van der Waals surface area contributed by atoms with Gasteiger partial charge in [-0.1, -0.05) is 16.8 Å². The summed E-state index contributed by atoms with van der Waals surface area (Å²) in [5.74, 6) is 0.471. The van der Waals surface area contributed by atoms with E-state index in [4.69, 9.17) is 25.3 Å². The smallest absolute Gasteiger partial charge is 0.408 e. The van der Waals surface area contributed by atoms with Gasteiger partial charge < -0.3 is 18.6 Å². The van der Waals surface area contributed by atoms with Gasteiger partial charge in [0.2, 0.25) is 11.8 Å². The molecule has 0 unspecified atom stereocenters. The number of methoxy groups -OCH3 is 1. The number of amides is 1. The molecule has 0 atom stereocenters. The number of carbonyl (C=O) groups is 1. The van der Waals surface area contributed by atoms with Gasteiger partial charge in [-0.15, -0.1) is 0 Å². The van der Waals surface area contributed by atoms with E-state index in [9.17, 15) is 9.59 Å². The highest BCUT2D eigenvalue weighted by molar-refractivity contribution is 6.31. The highest BCUT2D eigenvalue weighted by Crippen LogP contribution is 2.37. The lowest BCUT2D eigenvalue weighted by atomic mass is 9.75. The van der Waals surface area contributed by atoms with Crippen molar-refractivity contribution in [2.75, 3.05) is 26.8 Å². The van der Waals surface area contributed by atoms with E-state index in [1.54, 1.807) is 37.1 Å². The molecule has 10 heteroatoms. The second-order valence-corrected chi connectivity index (χ2v) is 8.04. The van der Waals surface area contributed by atoms with Crippen molar-refractivity contribution >= 4 is 28.6 Å². The van der Waals surface area contributed by atoms with Gasteiger partial charge in [-0.05, 0) is 31.4 Å². The molecule has 0 aliphatic carbocycles. The molecule has 1 aliphatic heterocycles. The number of hydrogen-bond donors (Lipinski definition) is 0. The maximum Gasteiger partial charge on any atom is 0.420 e. The SMILES string of the molecule is COCCC1(c2noc(C)n2)CCN(C(=O)Cn2c(=O)oc3cc(Cl)ccc32)CC1. The number of aromatic nitrogens is 3. The van der Waals surface area contributed by atoms with Crippen molar-refractivity contribution in [1.82, 2.24) is 19.6 Å². The minimum atomic E-state index is -0.575. The lowest BCUT2D eigenvalue weighted by molar-refractivity contribution is -0.133. The second kappa shape index (κ2) is 8.23. The Hall–Kier alpha value is -2.65. The van der Waals surface area contributed by atoms with Crippen LogP contribution in [0, 0.1) is 6.92 Å². The average molecular weight is 435 g/mol. The van der Waals surface area contributed by atoms with Gasteiger partial charge >= 0.3 is 5.76 Å². The zero-order valence-corrected chi connectivity index (χ0v) is 17.6. The molecule has 0 N–H and O–H groups in total. The Balaban J connectivity index is 1.49. The normalized spacial score (nSPS) is 16.3. The van der Waals surface area contributed by atoms with E-state index in [0.29, 0.717) is 60.4 Å². The summed E-state index contributed by atoms with van der Waals surface area (Å²) >= 11 is 5.95. The summed E-state index contributed by atoms with van der Waals surface area (Å²) in [4.78, 5) is 31.3. The molecule has 30 heavy (non-hydrogen) atoms. The van der Waals surface area contributed by atoms with Crippen molar-refractivity contribution in [3.05, 3.63) is 45.5 Å². The second-order valence-electron chi connectivity index (χ2n) is 7.61. The highest BCUT2D eigenvalue weighted by atomic mass is 35.5. The van der Waals surface area contributed by atoms with Gasteiger partial charge in [0, 0.05) is 50.2 Å². The number of ether oxygens (including phenoxy) is 1. The molecular formula is C20H23ClN4O5. The van der Waals surface area contributed by atoms with Crippen molar-refractivity contribution in [1.29, 1.82) is 0 Å². The van der Waals surface area contributed by atoms with E-state index >= 15 is 0 Å². The Bertz CT molecular complexity index is 1110. The van der Waals surface area contributed by atoms with E-state index < -0.39 is 5.76 Å². The summed E-state index contributed by atoms with van der Waals surface area (Å²) in [5.41, 5.74) is 0.622. The first-order valence-electron chi connectivity index (χ1n) is 9.78. The number of rotatable bonds is 6. The largest absolute Gasteiger partial charge is 0.420 e. The molecule has 0 radical (unpaired) electrons. The molecule has 3 aromatic rings. The maximum absolute atomic E-state index is 12.9. The van der Waals surface area contributed by atoms with Crippen molar-refractivity contribution < 1.29 is 18.5 Å². The zero-order valence-electron chi connectivity index (χ0n) is 16.9. The van der Waals surface area contributed by atoms with Crippen LogP contribution in [0.5, 0.6) is 0 Å². The third kappa shape index (κ3) is 3.87. The van der Waals surface area contributed by atoms with E-state index in [-0.39, 0.29) is 17.9 Å². The number of piperidine rings is 1. The molecule has 3 heterocycles. The number of halogens is 1. The van der Waals surface area contributed by atoms with Crippen LogP contribution in [0.2, 0.25) is 5.02 Å². The lowest BCUT2D eigenvalue weighted by Crippen LogP contribution is -2.47. The standard InChI is InChI=1S/C20H23ClN4O5/c1-13-22-18(23-30-13)20(7-10-28-2)5-8-24(9-6-20)17(26)12-25-15-4-3-14(21)11-16(15)29-19(25)27/h3-4,11H,5-10,12H2,1-2H3. The van der Waals surface area contributed by atoms with Gasteiger partial charge in [0.1, 0.15) is 6.54 Å². The monoisotopic (exact) mass is 434 g/mol. The molecule has 1 amide bonds. The molecule has 160 valence electrons. The number of likely N-dealkylation sites (tertiary alicyclic amines) is 1.